The van der Waals surface area contributed by atoms with Gasteiger partial charge in [-0.05, 0) is 38.2 Å². The summed E-state index contributed by atoms with van der Waals surface area (Å²) in [6.45, 7) is 3.39. The van der Waals surface area contributed by atoms with Crippen LogP contribution in [0.3, 0.4) is 0 Å². The Kier molecular flexibility index (Phi) is 4.08. The predicted molar refractivity (Wildman–Crippen MR) is 98.9 cm³/mol. The van der Waals surface area contributed by atoms with Gasteiger partial charge in [0.25, 0.3) is 0 Å². The first-order valence-electron chi connectivity index (χ1n) is 8.62. The van der Waals surface area contributed by atoms with Gasteiger partial charge in [-0.2, -0.15) is 0 Å². The van der Waals surface area contributed by atoms with Crippen molar-refractivity contribution < 1.29 is 0 Å². The summed E-state index contributed by atoms with van der Waals surface area (Å²) in [5, 5.41) is 0. The van der Waals surface area contributed by atoms with Crippen molar-refractivity contribution in [1.82, 2.24) is 19.8 Å². The van der Waals surface area contributed by atoms with Crippen molar-refractivity contribution in [3.05, 3.63) is 54.1 Å². The minimum Gasteiger partial charge on any atom is -0.338 e. The summed E-state index contributed by atoms with van der Waals surface area (Å²) in [6.07, 6.45) is 1.27. The van der Waals surface area contributed by atoms with Crippen LogP contribution in [0.4, 0.5) is 0 Å². The number of imidazole rings is 1. The number of aromatic nitrogens is 2. The van der Waals surface area contributed by atoms with Crippen LogP contribution in [0, 0.1) is 0 Å². The zero-order valence-electron chi connectivity index (χ0n) is 14.4. The summed E-state index contributed by atoms with van der Waals surface area (Å²) in [4.78, 5) is 12.9. The Hall–Kier alpha value is -2.17. The maximum atomic E-state index is 4.67. The molecule has 0 bridgehead atoms. The molecule has 0 radical (unpaired) electrons. The lowest BCUT2D eigenvalue weighted by Gasteiger charge is -2.20. The second-order valence-electron chi connectivity index (χ2n) is 6.94. The number of fused-ring (bicyclic) bond motifs is 1. The quantitative estimate of drug-likeness (QED) is 0.800. The van der Waals surface area contributed by atoms with E-state index >= 15 is 0 Å². The Morgan fingerprint density at radius 2 is 1.92 bits per heavy atom. The molecular formula is C20H24N4. The molecule has 0 saturated carbocycles. The Bertz CT molecular complexity index is 786. The third-order valence-corrected chi connectivity index (χ3v) is 5.00. The summed E-state index contributed by atoms with van der Waals surface area (Å²) in [5.74, 6) is 0.941. The molecule has 1 atom stereocenters. The van der Waals surface area contributed by atoms with E-state index in [1.165, 1.54) is 25.1 Å². The molecule has 0 amide bonds. The minimum atomic E-state index is 0.694. The van der Waals surface area contributed by atoms with E-state index in [0.29, 0.717) is 6.04 Å². The van der Waals surface area contributed by atoms with Crippen molar-refractivity contribution >= 4 is 11.0 Å². The number of hydrogen-bond acceptors (Lipinski definition) is 3. The molecule has 4 heteroatoms. The fourth-order valence-electron chi connectivity index (χ4n) is 3.49. The van der Waals surface area contributed by atoms with Crippen LogP contribution >= 0.6 is 0 Å². The summed E-state index contributed by atoms with van der Waals surface area (Å²) < 4.78 is 0. The van der Waals surface area contributed by atoms with Crippen molar-refractivity contribution in [3.8, 4) is 11.4 Å². The molecule has 24 heavy (non-hydrogen) atoms. The molecule has 4 rings (SSSR count). The van der Waals surface area contributed by atoms with Gasteiger partial charge in [0.05, 0.1) is 11.0 Å². The van der Waals surface area contributed by atoms with Gasteiger partial charge in [-0.25, -0.2) is 4.98 Å². The van der Waals surface area contributed by atoms with E-state index in [4.69, 9.17) is 0 Å². The zero-order valence-corrected chi connectivity index (χ0v) is 14.4. The summed E-state index contributed by atoms with van der Waals surface area (Å²) in [6, 6.07) is 17.7. The normalized spacial score (nSPS) is 18.7. The molecule has 1 fully saturated rings. The van der Waals surface area contributed by atoms with E-state index in [9.17, 15) is 0 Å². The Balaban J connectivity index is 1.47. The van der Waals surface area contributed by atoms with Gasteiger partial charge in [0.15, 0.2) is 0 Å². The topological polar surface area (TPSA) is 35.2 Å². The molecule has 124 valence electrons. The fourth-order valence-corrected chi connectivity index (χ4v) is 3.49. The third-order valence-electron chi connectivity index (χ3n) is 5.00. The van der Waals surface area contributed by atoms with Gasteiger partial charge in [-0.15, -0.1) is 0 Å². The highest BCUT2D eigenvalue weighted by Crippen LogP contribution is 2.22. The van der Waals surface area contributed by atoms with Crippen LogP contribution in [-0.4, -0.2) is 53.0 Å². The lowest BCUT2D eigenvalue weighted by molar-refractivity contribution is 0.264. The van der Waals surface area contributed by atoms with E-state index in [-0.39, 0.29) is 0 Å². The summed E-state index contributed by atoms with van der Waals surface area (Å²) in [5.41, 5.74) is 4.61. The number of benzene rings is 2. The van der Waals surface area contributed by atoms with Gasteiger partial charge in [0.2, 0.25) is 0 Å². The van der Waals surface area contributed by atoms with E-state index < -0.39 is 0 Å². The number of H-pyrrole nitrogens is 1. The molecule has 1 N–H and O–H groups in total. The monoisotopic (exact) mass is 320 g/mol. The molecule has 4 nitrogen and oxygen atoms in total. The van der Waals surface area contributed by atoms with Crippen LogP contribution in [-0.2, 0) is 6.54 Å². The first-order chi connectivity index (χ1) is 11.7. The SMILES string of the molecule is CN(C)C1CCN(Cc2ccc(-c3nc4ccccc4[nH]3)cc2)C1. The highest BCUT2D eigenvalue weighted by atomic mass is 15.2. The number of likely N-dealkylation sites (tertiary alicyclic amines) is 1. The van der Waals surface area contributed by atoms with Crippen molar-refractivity contribution in [2.45, 2.75) is 19.0 Å². The van der Waals surface area contributed by atoms with Gasteiger partial charge < -0.3 is 9.88 Å². The highest BCUT2D eigenvalue weighted by Gasteiger charge is 2.23. The Morgan fingerprint density at radius 1 is 1.12 bits per heavy atom. The van der Waals surface area contributed by atoms with E-state index in [0.717, 1.165) is 29.0 Å². The van der Waals surface area contributed by atoms with Crippen LogP contribution in [0.2, 0.25) is 0 Å². The number of rotatable bonds is 4. The van der Waals surface area contributed by atoms with Gasteiger partial charge in [-0.3, -0.25) is 4.90 Å². The smallest absolute Gasteiger partial charge is 0.138 e. The highest BCUT2D eigenvalue weighted by molar-refractivity contribution is 5.79. The third kappa shape index (κ3) is 3.07. The maximum Gasteiger partial charge on any atom is 0.138 e. The molecule has 2 heterocycles. The van der Waals surface area contributed by atoms with Crippen LogP contribution in [0.25, 0.3) is 22.4 Å². The molecule has 1 unspecified atom stereocenters. The molecule has 1 saturated heterocycles. The average Bonchev–Trinajstić information content (AvgIpc) is 3.22. The van der Waals surface area contributed by atoms with Crippen molar-refractivity contribution in [2.24, 2.45) is 0 Å². The van der Waals surface area contributed by atoms with Gasteiger partial charge in [0, 0.05) is 31.2 Å². The first kappa shape index (κ1) is 15.4. The van der Waals surface area contributed by atoms with Crippen LogP contribution in [0.1, 0.15) is 12.0 Å². The molecule has 0 spiro atoms. The number of nitrogens with zero attached hydrogens (tertiary/aromatic N) is 3. The lowest BCUT2D eigenvalue weighted by atomic mass is 10.1. The van der Waals surface area contributed by atoms with E-state index in [1.807, 2.05) is 18.2 Å². The number of aromatic amines is 1. The minimum absolute atomic E-state index is 0.694. The van der Waals surface area contributed by atoms with Crippen molar-refractivity contribution in [2.75, 3.05) is 27.2 Å². The predicted octanol–water partition coefficient (Wildman–Crippen LogP) is 3.37. The van der Waals surface area contributed by atoms with Crippen LogP contribution in [0.5, 0.6) is 0 Å². The molecular weight excluding hydrogens is 296 g/mol. The maximum absolute atomic E-state index is 4.67. The first-order valence-corrected chi connectivity index (χ1v) is 8.62. The molecule has 2 aromatic carbocycles. The molecule has 3 aromatic rings. The lowest BCUT2D eigenvalue weighted by Crippen LogP contribution is -2.31. The number of para-hydroxylation sites is 2. The molecule has 1 aliphatic rings. The summed E-state index contributed by atoms with van der Waals surface area (Å²) >= 11 is 0. The van der Waals surface area contributed by atoms with Gasteiger partial charge in [0.1, 0.15) is 5.82 Å². The zero-order chi connectivity index (χ0) is 16.5. The Morgan fingerprint density at radius 3 is 2.62 bits per heavy atom. The van der Waals surface area contributed by atoms with E-state index in [2.05, 4.69) is 64.2 Å². The average molecular weight is 320 g/mol. The van der Waals surface area contributed by atoms with Gasteiger partial charge in [-0.1, -0.05) is 36.4 Å². The fraction of sp³-hybridized carbons (Fsp3) is 0.350. The second-order valence-corrected chi connectivity index (χ2v) is 6.94. The molecule has 0 aliphatic carbocycles. The molecule has 1 aliphatic heterocycles. The Labute approximate surface area is 143 Å². The summed E-state index contributed by atoms with van der Waals surface area (Å²) in [7, 11) is 4.35. The number of hydrogen-bond donors (Lipinski definition) is 1. The molecule has 1 aromatic heterocycles. The van der Waals surface area contributed by atoms with Crippen LogP contribution in [0.15, 0.2) is 48.5 Å². The van der Waals surface area contributed by atoms with Crippen molar-refractivity contribution in [1.29, 1.82) is 0 Å². The number of likely N-dealkylation sites (N-methyl/N-ethyl adjacent to an activating group) is 1. The largest absolute Gasteiger partial charge is 0.338 e. The standard InChI is InChI=1S/C20H24N4/c1-23(2)17-11-12-24(14-17)13-15-7-9-16(10-8-15)20-21-18-5-3-4-6-19(18)22-20/h3-10,17H,11-14H2,1-2H3,(H,21,22). The van der Waals surface area contributed by atoms with Crippen LogP contribution < -0.4 is 0 Å². The number of nitrogens with one attached hydrogen (secondary N) is 1. The van der Waals surface area contributed by atoms with E-state index in [1.54, 1.807) is 0 Å². The second kappa shape index (κ2) is 6.38. The van der Waals surface area contributed by atoms with Gasteiger partial charge >= 0.3 is 0 Å². The van der Waals surface area contributed by atoms with Crippen molar-refractivity contribution in [3.63, 3.8) is 0 Å².